The summed E-state index contributed by atoms with van der Waals surface area (Å²) in [7, 11) is 0. The van der Waals surface area contributed by atoms with Crippen molar-refractivity contribution >= 4 is 0 Å². The van der Waals surface area contributed by atoms with Gasteiger partial charge in [0, 0.05) is 12.6 Å². The molecule has 0 aliphatic carbocycles. The lowest BCUT2D eigenvalue weighted by atomic mass is 10.0. The van der Waals surface area contributed by atoms with Gasteiger partial charge >= 0.3 is 0 Å². The van der Waals surface area contributed by atoms with Crippen LogP contribution >= 0.6 is 0 Å². The number of likely N-dealkylation sites (tertiary alicyclic amines) is 1. The van der Waals surface area contributed by atoms with E-state index < -0.39 is 0 Å². The fourth-order valence-corrected chi connectivity index (χ4v) is 2.34. The van der Waals surface area contributed by atoms with Gasteiger partial charge in [0.2, 0.25) is 0 Å². The van der Waals surface area contributed by atoms with Crippen molar-refractivity contribution in [1.29, 1.82) is 0 Å². The van der Waals surface area contributed by atoms with Crippen LogP contribution in [-0.4, -0.2) is 24.5 Å². The van der Waals surface area contributed by atoms with E-state index in [-0.39, 0.29) is 6.04 Å². The topological polar surface area (TPSA) is 29.3 Å². The SMILES string of the molecule is Cc1ccc(C(N)CN2CCCCC2)cc1. The number of piperidine rings is 1. The van der Waals surface area contributed by atoms with Crippen LogP contribution in [0.25, 0.3) is 0 Å². The fraction of sp³-hybridized carbons (Fsp3) is 0.571. The third-order valence-corrected chi connectivity index (χ3v) is 3.41. The minimum Gasteiger partial charge on any atom is -0.323 e. The summed E-state index contributed by atoms with van der Waals surface area (Å²) in [6.07, 6.45) is 4.05. The molecule has 0 bridgehead atoms. The minimum absolute atomic E-state index is 0.165. The highest BCUT2D eigenvalue weighted by Crippen LogP contribution is 2.16. The van der Waals surface area contributed by atoms with Crippen LogP contribution < -0.4 is 5.73 Å². The number of hydrogen-bond acceptors (Lipinski definition) is 2. The van der Waals surface area contributed by atoms with Gasteiger partial charge in [0.05, 0.1) is 0 Å². The van der Waals surface area contributed by atoms with Crippen LogP contribution in [0.2, 0.25) is 0 Å². The molecule has 2 N–H and O–H groups in total. The average molecular weight is 218 g/mol. The summed E-state index contributed by atoms with van der Waals surface area (Å²) in [6.45, 7) is 5.56. The van der Waals surface area contributed by atoms with Crippen LogP contribution in [0.5, 0.6) is 0 Å². The number of nitrogens with two attached hydrogens (primary N) is 1. The number of hydrogen-bond donors (Lipinski definition) is 1. The molecule has 2 rings (SSSR count). The van der Waals surface area contributed by atoms with E-state index >= 15 is 0 Å². The van der Waals surface area contributed by atoms with Gasteiger partial charge in [-0.1, -0.05) is 36.2 Å². The van der Waals surface area contributed by atoms with Crippen molar-refractivity contribution in [1.82, 2.24) is 4.90 Å². The minimum atomic E-state index is 0.165. The summed E-state index contributed by atoms with van der Waals surface area (Å²) < 4.78 is 0. The van der Waals surface area contributed by atoms with E-state index in [9.17, 15) is 0 Å². The smallest absolute Gasteiger partial charge is 0.0424 e. The zero-order valence-corrected chi connectivity index (χ0v) is 10.2. The maximum Gasteiger partial charge on any atom is 0.0424 e. The van der Waals surface area contributed by atoms with Gasteiger partial charge in [0.1, 0.15) is 0 Å². The normalized spacial score (nSPS) is 19.6. The highest BCUT2D eigenvalue weighted by Gasteiger charge is 2.14. The molecular formula is C14H22N2. The van der Waals surface area contributed by atoms with E-state index in [1.54, 1.807) is 0 Å². The Morgan fingerprint density at radius 3 is 2.38 bits per heavy atom. The van der Waals surface area contributed by atoms with E-state index in [2.05, 4.69) is 36.1 Å². The Hall–Kier alpha value is -0.860. The second-order valence-corrected chi connectivity index (χ2v) is 4.88. The van der Waals surface area contributed by atoms with Crippen molar-refractivity contribution < 1.29 is 0 Å². The van der Waals surface area contributed by atoms with Crippen LogP contribution in [0.15, 0.2) is 24.3 Å². The molecule has 1 aromatic rings. The van der Waals surface area contributed by atoms with Gasteiger partial charge in [-0.05, 0) is 38.4 Å². The largest absolute Gasteiger partial charge is 0.323 e. The number of aryl methyl sites for hydroxylation is 1. The number of nitrogens with zero attached hydrogens (tertiary/aromatic N) is 1. The first-order valence-corrected chi connectivity index (χ1v) is 6.30. The predicted octanol–water partition coefficient (Wildman–Crippen LogP) is 2.48. The summed E-state index contributed by atoms with van der Waals surface area (Å²) in [5.74, 6) is 0. The van der Waals surface area contributed by atoms with E-state index in [1.807, 2.05) is 0 Å². The Morgan fingerprint density at radius 2 is 1.75 bits per heavy atom. The lowest BCUT2D eigenvalue weighted by molar-refractivity contribution is 0.216. The Kier molecular flexibility index (Phi) is 3.97. The summed E-state index contributed by atoms with van der Waals surface area (Å²) >= 11 is 0. The Bertz CT molecular complexity index is 312. The molecule has 1 aliphatic rings. The Balaban J connectivity index is 1.91. The summed E-state index contributed by atoms with van der Waals surface area (Å²) in [4.78, 5) is 2.49. The van der Waals surface area contributed by atoms with E-state index in [0.717, 1.165) is 6.54 Å². The Morgan fingerprint density at radius 1 is 1.12 bits per heavy atom. The van der Waals surface area contributed by atoms with Crippen molar-refractivity contribution in [2.45, 2.75) is 32.2 Å². The van der Waals surface area contributed by atoms with Crippen LogP contribution in [-0.2, 0) is 0 Å². The second kappa shape index (κ2) is 5.46. The van der Waals surface area contributed by atoms with Gasteiger partial charge < -0.3 is 10.6 Å². The van der Waals surface area contributed by atoms with Crippen LogP contribution in [0, 0.1) is 6.92 Å². The first-order valence-electron chi connectivity index (χ1n) is 6.30. The van der Waals surface area contributed by atoms with Crippen molar-refractivity contribution in [2.24, 2.45) is 5.73 Å². The molecule has 2 heteroatoms. The monoisotopic (exact) mass is 218 g/mol. The molecule has 0 amide bonds. The van der Waals surface area contributed by atoms with Crippen LogP contribution in [0.1, 0.15) is 36.4 Å². The van der Waals surface area contributed by atoms with Gasteiger partial charge in [-0.15, -0.1) is 0 Å². The van der Waals surface area contributed by atoms with Crippen LogP contribution in [0.4, 0.5) is 0 Å². The highest BCUT2D eigenvalue weighted by molar-refractivity contribution is 5.24. The first-order chi connectivity index (χ1) is 7.75. The van der Waals surface area contributed by atoms with Gasteiger partial charge in [-0.25, -0.2) is 0 Å². The molecule has 1 unspecified atom stereocenters. The van der Waals surface area contributed by atoms with E-state index in [4.69, 9.17) is 5.73 Å². The molecule has 0 spiro atoms. The molecule has 1 heterocycles. The van der Waals surface area contributed by atoms with Gasteiger partial charge in [-0.3, -0.25) is 0 Å². The number of benzene rings is 1. The van der Waals surface area contributed by atoms with Crippen LogP contribution in [0.3, 0.4) is 0 Å². The lowest BCUT2D eigenvalue weighted by Crippen LogP contribution is -2.36. The third-order valence-electron chi connectivity index (χ3n) is 3.41. The molecule has 0 radical (unpaired) electrons. The molecule has 1 saturated heterocycles. The summed E-state index contributed by atoms with van der Waals surface area (Å²) in [6, 6.07) is 8.77. The lowest BCUT2D eigenvalue weighted by Gasteiger charge is -2.29. The molecule has 16 heavy (non-hydrogen) atoms. The van der Waals surface area contributed by atoms with Gasteiger partial charge in [0.15, 0.2) is 0 Å². The third kappa shape index (κ3) is 3.06. The molecule has 88 valence electrons. The molecule has 1 aliphatic heterocycles. The van der Waals surface area contributed by atoms with Gasteiger partial charge in [0.25, 0.3) is 0 Å². The van der Waals surface area contributed by atoms with E-state index in [1.165, 1.54) is 43.5 Å². The van der Waals surface area contributed by atoms with Crippen molar-refractivity contribution in [3.05, 3.63) is 35.4 Å². The molecule has 0 aromatic heterocycles. The maximum atomic E-state index is 6.23. The zero-order chi connectivity index (χ0) is 11.4. The summed E-state index contributed by atoms with van der Waals surface area (Å²) in [5.41, 5.74) is 8.79. The zero-order valence-electron chi connectivity index (χ0n) is 10.2. The van der Waals surface area contributed by atoms with Crippen molar-refractivity contribution in [3.63, 3.8) is 0 Å². The van der Waals surface area contributed by atoms with Crippen molar-refractivity contribution in [3.8, 4) is 0 Å². The van der Waals surface area contributed by atoms with E-state index in [0.29, 0.717) is 0 Å². The van der Waals surface area contributed by atoms with Crippen molar-refractivity contribution in [2.75, 3.05) is 19.6 Å². The second-order valence-electron chi connectivity index (χ2n) is 4.88. The Labute approximate surface area is 98.4 Å². The number of rotatable bonds is 3. The fourth-order valence-electron chi connectivity index (χ4n) is 2.34. The highest BCUT2D eigenvalue weighted by atomic mass is 15.1. The molecule has 1 aromatic carbocycles. The standard InChI is InChI=1S/C14H22N2/c1-12-5-7-13(8-6-12)14(15)11-16-9-3-2-4-10-16/h5-8,14H,2-4,9-11,15H2,1H3. The molecule has 2 nitrogen and oxygen atoms in total. The average Bonchev–Trinajstić information content (AvgIpc) is 2.31. The van der Waals surface area contributed by atoms with Gasteiger partial charge in [-0.2, -0.15) is 0 Å². The summed E-state index contributed by atoms with van der Waals surface area (Å²) in [5, 5.41) is 0. The molecule has 1 atom stereocenters. The molecule has 1 fully saturated rings. The molecule has 0 saturated carbocycles. The maximum absolute atomic E-state index is 6.23. The predicted molar refractivity (Wildman–Crippen MR) is 68.4 cm³/mol. The molecular weight excluding hydrogens is 196 g/mol. The quantitative estimate of drug-likeness (QED) is 0.844. The first kappa shape index (κ1) is 11.6.